The van der Waals surface area contributed by atoms with Crippen molar-refractivity contribution >= 4 is 10.8 Å². The Morgan fingerprint density at radius 2 is 1.29 bits per heavy atom. The van der Waals surface area contributed by atoms with Gasteiger partial charge in [-0.2, -0.15) is 13.2 Å². The monoisotopic (exact) mass is 399 g/mol. The third kappa shape index (κ3) is 3.37. The molecule has 0 amide bonds. The van der Waals surface area contributed by atoms with Crippen LogP contribution in [0.4, 0.5) is 13.2 Å². The Morgan fingerprint density at radius 3 is 1.95 bits per heavy atom. The molecule has 0 unspecified atom stereocenters. The Kier molecular flexibility index (Phi) is 3.89. The fourth-order valence-electron chi connectivity index (χ4n) is 2.05. The zero-order valence-corrected chi connectivity index (χ0v) is 13.0. The summed E-state index contributed by atoms with van der Waals surface area (Å²) in [4.78, 5) is 0. The molecule has 0 radical (unpaired) electrons. The molecule has 0 saturated carbocycles. The van der Waals surface area contributed by atoms with Crippen LogP contribution < -0.4 is 21.2 Å². The van der Waals surface area contributed by atoms with E-state index < -0.39 is 32.9 Å². The van der Waals surface area contributed by atoms with Gasteiger partial charge in [0.2, 0.25) is 0 Å². The van der Waals surface area contributed by atoms with Gasteiger partial charge in [0, 0.05) is 0 Å². The number of hydrogen-bond donors (Lipinski definition) is 0. The Labute approximate surface area is 130 Å². The van der Waals surface area contributed by atoms with Gasteiger partial charge in [-0.15, -0.1) is 0 Å². The summed E-state index contributed by atoms with van der Waals surface area (Å²) in [7, 11) is 0. The molecule has 21 heavy (non-hydrogen) atoms. The Balaban J connectivity index is 1.84. The van der Waals surface area contributed by atoms with Gasteiger partial charge in [-0.25, -0.2) is 0 Å². The largest absolute Gasteiger partial charge is 0.416 e. The van der Waals surface area contributed by atoms with Gasteiger partial charge in [0.15, 0.2) is 7.14 Å². The molecule has 0 heterocycles. The van der Waals surface area contributed by atoms with Crippen LogP contribution in [0.3, 0.4) is 0 Å². The first-order valence-corrected chi connectivity index (χ1v) is 8.49. The smallest absolute Gasteiger partial charge is 0.166 e. The fraction of sp³-hybridized carbons (Fsp3) is 0.0588. The fourth-order valence-corrected chi connectivity index (χ4v) is 4.34. The zero-order valence-electron chi connectivity index (χ0n) is 10.9. The van der Waals surface area contributed by atoms with Gasteiger partial charge in [-0.3, -0.25) is 0 Å². The quantitative estimate of drug-likeness (QED) is 0.579. The van der Waals surface area contributed by atoms with Crippen LogP contribution in [0.25, 0.3) is 10.8 Å². The summed E-state index contributed by atoms with van der Waals surface area (Å²) in [5.41, 5.74) is -0.589. The number of alkyl halides is 3. The molecule has 0 aliphatic heterocycles. The van der Waals surface area contributed by atoms with Crippen molar-refractivity contribution < 1.29 is 34.4 Å². The second-order valence-electron chi connectivity index (χ2n) is 4.59. The zero-order chi connectivity index (χ0) is 14.9. The number of rotatable bonds is 2. The second-order valence-corrected chi connectivity index (χ2v) is 7.62. The van der Waals surface area contributed by atoms with Crippen LogP contribution in [-0.2, 0) is 6.18 Å². The minimum Gasteiger partial charge on any atom is -0.166 e. The normalized spacial score (nSPS) is 11.8. The third-order valence-electron chi connectivity index (χ3n) is 3.10. The molecule has 3 aromatic rings. The Bertz CT molecular complexity index is 761. The standard InChI is InChI=1S/C17H11F3I/c18-17(19,20)14-6-9-15(10-7-14)21-16-8-5-12-3-1-2-4-13(12)11-16/h1-11H/q+1. The summed E-state index contributed by atoms with van der Waals surface area (Å²) < 4.78 is 39.8. The van der Waals surface area contributed by atoms with E-state index in [9.17, 15) is 13.2 Å². The highest BCUT2D eigenvalue weighted by molar-refractivity contribution is 5.81. The minimum atomic E-state index is -4.26. The molecule has 0 bridgehead atoms. The van der Waals surface area contributed by atoms with Crippen LogP contribution in [0, 0.1) is 7.14 Å². The SMILES string of the molecule is FC(F)(F)c1ccc([I+]c2ccc3ccccc3c2)cc1. The Morgan fingerprint density at radius 1 is 0.667 bits per heavy atom. The highest BCUT2D eigenvalue weighted by Crippen LogP contribution is 2.28. The topological polar surface area (TPSA) is 0 Å². The molecular weight excluding hydrogens is 388 g/mol. The molecule has 0 fully saturated rings. The average molecular weight is 399 g/mol. The van der Waals surface area contributed by atoms with E-state index >= 15 is 0 Å². The molecule has 0 saturated heterocycles. The molecule has 0 N–H and O–H groups in total. The van der Waals surface area contributed by atoms with Crippen molar-refractivity contribution in [3.63, 3.8) is 0 Å². The van der Waals surface area contributed by atoms with E-state index in [2.05, 4.69) is 30.3 Å². The molecular formula is C17H11F3I+. The maximum absolute atomic E-state index is 12.5. The highest BCUT2D eigenvalue weighted by Gasteiger charge is 2.30. The molecule has 106 valence electrons. The van der Waals surface area contributed by atoms with Gasteiger partial charge in [-0.05, 0) is 53.2 Å². The molecule has 0 aliphatic rings. The van der Waals surface area contributed by atoms with Gasteiger partial charge < -0.3 is 0 Å². The van der Waals surface area contributed by atoms with Crippen molar-refractivity contribution in [2.75, 3.05) is 0 Å². The van der Waals surface area contributed by atoms with E-state index in [-0.39, 0.29) is 0 Å². The second kappa shape index (κ2) is 5.67. The van der Waals surface area contributed by atoms with Crippen LogP contribution in [0.2, 0.25) is 0 Å². The maximum Gasteiger partial charge on any atom is 0.416 e. The van der Waals surface area contributed by atoms with E-state index in [0.717, 1.165) is 15.7 Å². The van der Waals surface area contributed by atoms with Gasteiger partial charge >= 0.3 is 27.4 Å². The van der Waals surface area contributed by atoms with Gasteiger partial charge in [0.05, 0.1) is 5.56 Å². The molecule has 0 spiro atoms. The number of benzene rings is 3. The van der Waals surface area contributed by atoms with E-state index in [1.165, 1.54) is 14.3 Å². The van der Waals surface area contributed by atoms with E-state index in [0.29, 0.717) is 0 Å². The summed E-state index contributed by atoms with van der Waals surface area (Å²) in [6, 6.07) is 19.8. The molecule has 4 heteroatoms. The summed E-state index contributed by atoms with van der Waals surface area (Å²) in [5.74, 6) is 0. The van der Waals surface area contributed by atoms with Gasteiger partial charge in [0.25, 0.3) is 0 Å². The maximum atomic E-state index is 12.5. The molecule has 3 rings (SSSR count). The van der Waals surface area contributed by atoms with E-state index in [1.54, 1.807) is 12.1 Å². The molecule has 0 aliphatic carbocycles. The summed E-state index contributed by atoms with van der Waals surface area (Å²) in [6.07, 6.45) is -4.26. The van der Waals surface area contributed by atoms with Gasteiger partial charge in [-0.1, -0.05) is 24.3 Å². The van der Waals surface area contributed by atoms with Gasteiger partial charge in [0.1, 0.15) is 0 Å². The van der Waals surface area contributed by atoms with Crippen molar-refractivity contribution in [2.24, 2.45) is 0 Å². The van der Waals surface area contributed by atoms with Crippen molar-refractivity contribution in [2.45, 2.75) is 6.18 Å². The third-order valence-corrected chi connectivity index (χ3v) is 5.74. The van der Waals surface area contributed by atoms with Crippen LogP contribution in [0.15, 0.2) is 66.7 Å². The first kappa shape index (κ1) is 14.4. The average Bonchev–Trinajstić information content (AvgIpc) is 2.47. The number of halogens is 4. The van der Waals surface area contributed by atoms with Crippen molar-refractivity contribution in [3.05, 3.63) is 79.4 Å². The van der Waals surface area contributed by atoms with Crippen LogP contribution >= 0.6 is 0 Å². The lowest BCUT2D eigenvalue weighted by atomic mass is 10.1. The summed E-state index contributed by atoms with van der Waals surface area (Å²) in [6.45, 7) is 0. The minimum absolute atomic E-state index is 0.463. The summed E-state index contributed by atoms with van der Waals surface area (Å²) >= 11 is -0.463. The van der Waals surface area contributed by atoms with E-state index in [4.69, 9.17) is 0 Å². The Hall–Kier alpha value is -1.56. The predicted octanol–water partition coefficient (Wildman–Crippen LogP) is 1.99. The van der Waals surface area contributed by atoms with Crippen molar-refractivity contribution in [1.29, 1.82) is 0 Å². The predicted molar refractivity (Wildman–Crippen MR) is 72.8 cm³/mol. The first-order chi connectivity index (χ1) is 10.0. The van der Waals surface area contributed by atoms with Crippen LogP contribution in [0.1, 0.15) is 5.56 Å². The number of fused-ring (bicyclic) bond motifs is 1. The molecule has 0 atom stereocenters. The van der Waals surface area contributed by atoms with Crippen LogP contribution in [-0.4, -0.2) is 0 Å². The van der Waals surface area contributed by atoms with Crippen molar-refractivity contribution in [3.8, 4) is 0 Å². The first-order valence-electron chi connectivity index (χ1n) is 6.33. The summed E-state index contributed by atoms with van der Waals surface area (Å²) in [5, 5.41) is 2.35. The van der Waals surface area contributed by atoms with E-state index in [1.807, 2.05) is 12.1 Å². The lowest BCUT2D eigenvalue weighted by Crippen LogP contribution is -3.61. The van der Waals surface area contributed by atoms with Crippen molar-refractivity contribution in [1.82, 2.24) is 0 Å². The molecule has 0 aromatic heterocycles. The highest BCUT2D eigenvalue weighted by atomic mass is 127. The number of hydrogen-bond acceptors (Lipinski definition) is 0. The van der Waals surface area contributed by atoms with Crippen LogP contribution in [0.5, 0.6) is 0 Å². The molecule has 0 nitrogen and oxygen atoms in total. The lowest BCUT2D eigenvalue weighted by molar-refractivity contribution is -0.597. The lowest BCUT2D eigenvalue weighted by Gasteiger charge is -2.04. The molecule has 3 aromatic carbocycles.